The van der Waals surface area contributed by atoms with Crippen molar-refractivity contribution in [1.29, 1.82) is 0 Å². The highest BCUT2D eigenvalue weighted by Gasteiger charge is 2.04. The number of aromatic nitrogens is 1. The van der Waals surface area contributed by atoms with Gasteiger partial charge >= 0.3 is 0 Å². The summed E-state index contributed by atoms with van der Waals surface area (Å²) in [6.45, 7) is 4.27. The average Bonchev–Trinajstić information content (AvgIpc) is 3.22. The molecule has 0 saturated carbocycles. The summed E-state index contributed by atoms with van der Waals surface area (Å²) in [5.74, 6) is 0.327. The first-order valence-electron chi connectivity index (χ1n) is 12.9. The Morgan fingerprint density at radius 2 is 1.42 bits per heavy atom. The Morgan fingerprint density at radius 1 is 0.788 bits per heavy atom. The summed E-state index contributed by atoms with van der Waals surface area (Å²) in [6.07, 6.45) is 33.1. The van der Waals surface area contributed by atoms with Crippen molar-refractivity contribution < 1.29 is 5.11 Å². The third-order valence-electron chi connectivity index (χ3n) is 5.75. The molecule has 0 saturated heterocycles. The molecular formula is C30H44N2O. The maximum Gasteiger partial charge on any atom is 0.116 e. The molecule has 0 unspecified atom stereocenters. The van der Waals surface area contributed by atoms with Gasteiger partial charge in [0.05, 0.1) is 0 Å². The minimum atomic E-state index is 0.327. The molecule has 0 atom stereocenters. The van der Waals surface area contributed by atoms with Crippen LogP contribution in [0.25, 0.3) is 10.9 Å². The van der Waals surface area contributed by atoms with E-state index in [1.165, 1.54) is 44.1 Å². The molecule has 2 aromatic rings. The van der Waals surface area contributed by atoms with Gasteiger partial charge < -0.3 is 15.4 Å². The van der Waals surface area contributed by atoms with Crippen LogP contribution < -0.4 is 5.32 Å². The van der Waals surface area contributed by atoms with Crippen molar-refractivity contribution in [2.45, 2.75) is 77.6 Å². The molecule has 1 heterocycles. The van der Waals surface area contributed by atoms with Crippen LogP contribution in [0.1, 0.15) is 76.7 Å². The lowest BCUT2D eigenvalue weighted by Gasteiger charge is -2.04. The predicted molar refractivity (Wildman–Crippen MR) is 145 cm³/mol. The van der Waals surface area contributed by atoms with Gasteiger partial charge in [0.2, 0.25) is 0 Å². The second-order valence-electron chi connectivity index (χ2n) is 8.63. The van der Waals surface area contributed by atoms with Crippen molar-refractivity contribution in [3.63, 3.8) is 0 Å². The van der Waals surface area contributed by atoms with Crippen molar-refractivity contribution in [3.05, 3.63) is 78.6 Å². The molecule has 0 radical (unpaired) electrons. The smallest absolute Gasteiger partial charge is 0.116 e. The van der Waals surface area contributed by atoms with Gasteiger partial charge in [0.25, 0.3) is 0 Å². The number of phenolic OH excluding ortho intramolecular Hbond substituents is 1. The number of H-pyrrole nitrogens is 1. The molecule has 3 heteroatoms. The van der Waals surface area contributed by atoms with Crippen molar-refractivity contribution in [1.82, 2.24) is 10.3 Å². The van der Waals surface area contributed by atoms with E-state index in [0.29, 0.717) is 5.75 Å². The molecule has 0 amide bonds. The quantitative estimate of drug-likeness (QED) is 0.159. The minimum absolute atomic E-state index is 0.327. The molecular weight excluding hydrogens is 404 g/mol. The van der Waals surface area contributed by atoms with Gasteiger partial charge in [0.1, 0.15) is 5.75 Å². The number of hydrogen-bond donors (Lipinski definition) is 3. The van der Waals surface area contributed by atoms with Crippen LogP contribution >= 0.6 is 0 Å². The summed E-state index contributed by atoms with van der Waals surface area (Å²) in [7, 11) is 0. The SMILES string of the molecule is CCCCC/C=C\C/C=C\C/C=C\C/C=C\CCCCNCCc1c[nH]c2ccc(O)cc12. The monoisotopic (exact) mass is 448 g/mol. The van der Waals surface area contributed by atoms with Gasteiger partial charge in [-0.2, -0.15) is 0 Å². The third kappa shape index (κ3) is 12.3. The molecule has 0 aliphatic heterocycles. The Kier molecular flexibility index (Phi) is 14.6. The van der Waals surface area contributed by atoms with Gasteiger partial charge in [-0.1, -0.05) is 68.4 Å². The standard InChI is InChI=1S/C30H44N2O/c1-2-3-4-5-6-7-8-9-10-11-12-13-14-15-16-17-18-19-23-31-24-22-27-26-32-30-21-20-28(33)25-29(27)30/h6-7,9-10,12-13,15-16,20-21,25-26,31-33H,2-5,8,11,14,17-19,22-24H2,1H3/b7-6-,10-9-,13-12-,16-15-. The molecule has 180 valence electrons. The largest absolute Gasteiger partial charge is 0.508 e. The number of fused-ring (bicyclic) bond motifs is 1. The second kappa shape index (κ2) is 18.0. The molecule has 33 heavy (non-hydrogen) atoms. The molecule has 1 aromatic carbocycles. The zero-order valence-corrected chi connectivity index (χ0v) is 20.6. The van der Waals surface area contributed by atoms with Crippen molar-refractivity contribution in [2.75, 3.05) is 13.1 Å². The fourth-order valence-corrected chi connectivity index (χ4v) is 3.79. The summed E-state index contributed by atoms with van der Waals surface area (Å²) in [5, 5.41) is 14.3. The zero-order valence-electron chi connectivity index (χ0n) is 20.6. The first-order chi connectivity index (χ1) is 16.3. The summed E-state index contributed by atoms with van der Waals surface area (Å²) >= 11 is 0. The second-order valence-corrected chi connectivity index (χ2v) is 8.63. The van der Waals surface area contributed by atoms with Crippen LogP contribution in [0, 0.1) is 0 Å². The topological polar surface area (TPSA) is 48.0 Å². The molecule has 1 aromatic heterocycles. The number of aromatic hydroxyl groups is 1. The third-order valence-corrected chi connectivity index (χ3v) is 5.75. The Bertz CT molecular complexity index is 873. The number of nitrogens with one attached hydrogen (secondary N) is 2. The molecule has 2 rings (SSSR count). The number of benzene rings is 1. The van der Waals surface area contributed by atoms with Crippen LogP contribution in [0.5, 0.6) is 5.75 Å². The molecule has 0 aliphatic rings. The van der Waals surface area contributed by atoms with Gasteiger partial charge in [-0.15, -0.1) is 0 Å². The molecule has 0 aliphatic carbocycles. The minimum Gasteiger partial charge on any atom is -0.508 e. The Hall–Kier alpha value is -2.52. The summed E-state index contributed by atoms with van der Waals surface area (Å²) in [6, 6.07) is 5.49. The van der Waals surface area contributed by atoms with E-state index < -0.39 is 0 Å². The number of unbranched alkanes of at least 4 members (excludes halogenated alkanes) is 5. The van der Waals surface area contributed by atoms with E-state index in [0.717, 1.165) is 56.1 Å². The number of hydrogen-bond acceptors (Lipinski definition) is 2. The highest BCUT2D eigenvalue weighted by atomic mass is 16.3. The molecule has 3 nitrogen and oxygen atoms in total. The number of aromatic amines is 1. The van der Waals surface area contributed by atoms with Crippen LogP contribution in [0.2, 0.25) is 0 Å². The van der Waals surface area contributed by atoms with Gasteiger partial charge in [0.15, 0.2) is 0 Å². The Morgan fingerprint density at radius 3 is 2.09 bits per heavy atom. The lowest BCUT2D eigenvalue weighted by Crippen LogP contribution is -2.18. The van der Waals surface area contributed by atoms with Gasteiger partial charge in [-0.05, 0) is 94.6 Å². The van der Waals surface area contributed by atoms with Gasteiger partial charge in [0, 0.05) is 17.1 Å². The van der Waals surface area contributed by atoms with Crippen molar-refractivity contribution in [3.8, 4) is 5.75 Å². The van der Waals surface area contributed by atoms with E-state index in [4.69, 9.17) is 0 Å². The lowest BCUT2D eigenvalue weighted by molar-refractivity contribution is 0.476. The van der Waals surface area contributed by atoms with E-state index >= 15 is 0 Å². The highest BCUT2D eigenvalue weighted by molar-refractivity contribution is 5.84. The maximum absolute atomic E-state index is 9.68. The van der Waals surface area contributed by atoms with E-state index in [1.807, 2.05) is 12.1 Å². The first kappa shape index (κ1) is 26.7. The summed E-state index contributed by atoms with van der Waals surface area (Å²) < 4.78 is 0. The predicted octanol–water partition coefficient (Wildman–Crippen LogP) is 8.15. The molecule has 0 fully saturated rings. The van der Waals surface area contributed by atoms with E-state index in [2.05, 4.69) is 72.0 Å². The van der Waals surface area contributed by atoms with Crippen LogP contribution in [-0.2, 0) is 6.42 Å². The fraction of sp³-hybridized carbons (Fsp3) is 0.467. The highest BCUT2D eigenvalue weighted by Crippen LogP contribution is 2.23. The van der Waals surface area contributed by atoms with Crippen LogP contribution in [-0.4, -0.2) is 23.2 Å². The summed E-state index contributed by atoms with van der Waals surface area (Å²) in [4.78, 5) is 3.27. The Labute approximate surface area is 201 Å². The number of allylic oxidation sites excluding steroid dienone is 8. The van der Waals surface area contributed by atoms with Gasteiger partial charge in [-0.3, -0.25) is 0 Å². The first-order valence-corrected chi connectivity index (χ1v) is 12.9. The van der Waals surface area contributed by atoms with E-state index in [9.17, 15) is 5.11 Å². The lowest BCUT2D eigenvalue weighted by atomic mass is 10.1. The molecule has 0 bridgehead atoms. The van der Waals surface area contributed by atoms with Crippen LogP contribution in [0.15, 0.2) is 73.0 Å². The number of rotatable bonds is 18. The van der Waals surface area contributed by atoms with Gasteiger partial charge in [-0.25, -0.2) is 0 Å². The average molecular weight is 449 g/mol. The Balaban J connectivity index is 1.40. The number of phenols is 1. The van der Waals surface area contributed by atoms with E-state index in [1.54, 1.807) is 6.07 Å². The van der Waals surface area contributed by atoms with Crippen molar-refractivity contribution >= 4 is 10.9 Å². The van der Waals surface area contributed by atoms with E-state index in [-0.39, 0.29) is 0 Å². The maximum atomic E-state index is 9.68. The van der Waals surface area contributed by atoms with Crippen LogP contribution in [0.4, 0.5) is 0 Å². The van der Waals surface area contributed by atoms with Crippen LogP contribution in [0.3, 0.4) is 0 Å². The molecule has 0 spiro atoms. The normalized spacial score (nSPS) is 12.5. The summed E-state index contributed by atoms with van der Waals surface area (Å²) in [5.41, 5.74) is 2.34. The molecule has 3 N–H and O–H groups in total. The fourth-order valence-electron chi connectivity index (χ4n) is 3.79. The van der Waals surface area contributed by atoms with Crippen molar-refractivity contribution in [2.24, 2.45) is 0 Å². The zero-order chi connectivity index (χ0) is 23.4.